The fraction of sp³-hybridized carbons (Fsp3) is 0.905. The van der Waals surface area contributed by atoms with Crippen molar-refractivity contribution in [3.05, 3.63) is 0 Å². The number of hydrogen-bond acceptors (Lipinski definition) is 4. The van der Waals surface area contributed by atoms with Crippen LogP contribution in [0.5, 0.6) is 0 Å². The Bertz CT molecular complexity index is 356. The van der Waals surface area contributed by atoms with Gasteiger partial charge in [-0.05, 0) is 19.3 Å². The summed E-state index contributed by atoms with van der Waals surface area (Å²) in [7, 11) is 0. The molecule has 0 fully saturated rings. The molecule has 0 radical (unpaired) electrons. The molecule has 0 spiro atoms. The minimum Gasteiger partial charge on any atom is -0.481 e. The van der Waals surface area contributed by atoms with Gasteiger partial charge in [-0.2, -0.15) is 0 Å². The Hall–Kier alpha value is -1.10. The highest BCUT2D eigenvalue weighted by molar-refractivity contribution is 5.71. The van der Waals surface area contributed by atoms with E-state index in [1.54, 1.807) is 0 Å². The van der Waals surface area contributed by atoms with E-state index in [-0.39, 0.29) is 12.8 Å². The summed E-state index contributed by atoms with van der Waals surface area (Å²) in [4.78, 5) is 22.9. The third-order valence-electron chi connectivity index (χ3n) is 4.62. The number of esters is 1. The summed E-state index contributed by atoms with van der Waals surface area (Å²) in [6.07, 6.45) is 11.9. The van der Waals surface area contributed by atoms with E-state index in [2.05, 4.69) is 13.8 Å². The second-order valence-electron chi connectivity index (χ2n) is 7.33. The van der Waals surface area contributed by atoms with Gasteiger partial charge in [-0.25, -0.2) is 0 Å². The molecule has 0 saturated carbocycles. The van der Waals surface area contributed by atoms with Crippen molar-refractivity contribution >= 4 is 11.9 Å². The Labute approximate surface area is 159 Å². The van der Waals surface area contributed by atoms with Crippen LogP contribution in [0.25, 0.3) is 0 Å². The molecule has 0 aliphatic rings. The predicted molar refractivity (Wildman–Crippen MR) is 104 cm³/mol. The van der Waals surface area contributed by atoms with Crippen LogP contribution in [0.1, 0.15) is 110 Å². The number of carboxylic acids is 1. The maximum atomic E-state index is 12.0. The molecule has 26 heavy (non-hydrogen) atoms. The first-order valence-electron chi connectivity index (χ1n) is 10.6. The second-order valence-corrected chi connectivity index (χ2v) is 7.33. The number of carboxylic acid groups (broad SMARTS) is 1. The first kappa shape index (κ1) is 24.9. The molecule has 2 unspecified atom stereocenters. The third-order valence-corrected chi connectivity index (χ3v) is 4.62. The van der Waals surface area contributed by atoms with Crippen molar-refractivity contribution in [2.75, 3.05) is 0 Å². The fourth-order valence-corrected chi connectivity index (χ4v) is 3.06. The van der Waals surface area contributed by atoms with Gasteiger partial charge in [-0.1, -0.05) is 78.1 Å². The van der Waals surface area contributed by atoms with E-state index in [9.17, 15) is 14.7 Å². The first-order valence-corrected chi connectivity index (χ1v) is 10.6. The number of carbonyl (C=O) groups is 2. The predicted octanol–water partition coefficient (Wildman–Crippen LogP) is 5.24. The molecule has 0 amide bonds. The topological polar surface area (TPSA) is 83.8 Å². The lowest BCUT2D eigenvalue weighted by molar-refractivity contribution is -0.155. The van der Waals surface area contributed by atoms with Crippen molar-refractivity contribution in [3.8, 4) is 0 Å². The molecular weight excluding hydrogens is 332 g/mol. The SMILES string of the molecule is CCCCCCCCCC(CC(=O)O)OC(=O)CC(O)CCCCCC. The number of aliphatic hydroxyl groups excluding tert-OH is 1. The van der Waals surface area contributed by atoms with E-state index in [0.717, 1.165) is 44.9 Å². The normalized spacial score (nSPS) is 13.3. The maximum absolute atomic E-state index is 12.0. The molecule has 2 atom stereocenters. The molecular formula is C21H40O5. The van der Waals surface area contributed by atoms with Gasteiger partial charge in [0.05, 0.1) is 18.9 Å². The molecule has 0 rings (SSSR count). The maximum Gasteiger partial charge on any atom is 0.308 e. The standard InChI is InChI=1S/C21H40O5/c1-3-5-7-9-10-11-13-15-19(17-20(23)24)26-21(25)16-18(22)14-12-8-6-4-2/h18-19,22H,3-17H2,1-2H3,(H,23,24). The Morgan fingerprint density at radius 3 is 1.85 bits per heavy atom. The van der Waals surface area contributed by atoms with Crippen LogP contribution in [0, 0.1) is 0 Å². The van der Waals surface area contributed by atoms with Crippen LogP contribution in [0.2, 0.25) is 0 Å². The molecule has 0 heterocycles. The van der Waals surface area contributed by atoms with Crippen LogP contribution in [0.15, 0.2) is 0 Å². The van der Waals surface area contributed by atoms with Crippen LogP contribution < -0.4 is 0 Å². The average molecular weight is 373 g/mol. The highest BCUT2D eigenvalue weighted by Gasteiger charge is 2.20. The Balaban J connectivity index is 4.02. The number of hydrogen-bond donors (Lipinski definition) is 2. The minimum absolute atomic E-state index is 0.0424. The van der Waals surface area contributed by atoms with Crippen molar-refractivity contribution in [3.63, 3.8) is 0 Å². The lowest BCUT2D eigenvalue weighted by Gasteiger charge is -2.17. The van der Waals surface area contributed by atoms with Crippen LogP contribution in [-0.2, 0) is 14.3 Å². The molecule has 0 aromatic carbocycles. The van der Waals surface area contributed by atoms with E-state index >= 15 is 0 Å². The summed E-state index contributed by atoms with van der Waals surface area (Å²) >= 11 is 0. The van der Waals surface area contributed by atoms with Gasteiger partial charge in [-0.3, -0.25) is 9.59 Å². The summed E-state index contributed by atoms with van der Waals surface area (Å²) in [6.45, 7) is 4.31. The summed E-state index contributed by atoms with van der Waals surface area (Å²) < 4.78 is 5.32. The van der Waals surface area contributed by atoms with Crippen molar-refractivity contribution in [1.82, 2.24) is 0 Å². The minimum atomic E-state index is -0.953. The van der Waals surface area contributed by atoms with Crippen LogP contribution in [0.3, 0.4) is 0 Å². The van der Waals surface area contributed by atoms with Crippen LogP contribution in [-0.4, -0.2) is 34.4 Å². The highest BCUT2D eigenvalue weighted by Crippen LogP contribution is 2.15. The molecule has 0 bridgehead atoms. The lowest BCUT2D eigenvalue weighted by atomic mass is 10.0. The third kappa shape index (κ3) is 16.4. The molecule has 0 aromatic heterocycles. The average Bonchev–Trinajstić information content (AvgIpc) is 2.57. The van der Waals surface area contributed by atoms with Gasteiger partial charge in [-0.15, -0.1) is 0 Å². The molecule has 154 valence electrons. The molecule has 5 heteroatoms. The Morgan fingerprint density at radius 2 is 1.27 bits per heavy atom. The van der Waals surface area contributed by atoms with E-state index in [1.165, 1.54) is 25.7 Å². The second kappa shape index (κ2) is 17.3. The number of carbonyl (C=O) groups excluding carboxylic acids is 1. The number of aliphatic hydroxyl groups is 1. The largest absolute Gasteiger partial charge is 0.481 e. The van der Waals surface area contributed by atoms with E-state index in [4.69, 9.17) is 9.84 Å². The van der Waals surface area contributed by atoms with Gasteiger partial charge in [0.2, 0.25) is 0 Å². The van der Waals surface area contributed by atoms with Gasteiger partial charge >= 0.3 is 11.9 Å². The van der Waals surface area contributed by atoms with Gasteiger partial charge < -0.3 is 14.9 Å². The van der Waals surface area contributed by atoms with E-state index in [0.29, 0.717) is 12.8 Å². The van der Waals surface area contributed by atoms with Crippen molar-refractivity contribution < 1.29 is 24.5 Å². The molecule has 2 N–H and O–H groups in total. The Morgan fingerprint density at radius 1 is 0.769 bits per heavy atom. The number of rotatable bonds is 18. The monoisotopic (exact) mass is 372 g/mol. The molecule has 0 saturated heterocycles. The zero-order chi connectivity index (χ0) is 19.6. The Kier molecular flexibility index (Phi) is 16.6. The van der Waals surface area contributed by atoms with Crippen LogP contribution >= 0.6 is 0 Å². The van der Waals surface area contributed by atoms with Gasteiger partial charge in [0.15, 0.2) is 0 Å². The van der Waals surface area contributed by atoms with Crippen LogP contribution in [0.4, 0.5) is 0 Å². The highest BCUT2D eigenvalue weighted by atomic mass is 16.5. The van der Waals surface area contributed by atoms with Crippen molar-refractivity contribution in [2.45, 2.75) is 122 Å². The zero-order valence-electron chi connectivity index (χ0n) is 16.9. The summed E-state index contributed by atoms with van der Waals surface area (Å²) in [6, 6.07) is 0. The first-order chi connectivity index (χ1) is 12.5. The lowest BCUT2D eigenvalue weighted by Crippen LogP contribution is -2.24. The van der Waals surface area contributed by atoms with Gasteiger partial charge in [0, 0.05) is 0 Å². The number of ether oxygens (including phenoxy) is 1. The quantitative estimate of drug-likeness (QED) is 0.254. The summed E-state index contributed by atoms with van der Waals surface area (Å²) in [5.41, 5.74) is 0. The molecule has 0 aromatic rings. The van der Waals surface area contributed by atoms with E-state index in [1.807, 2.05) is 0 Å². The molecule has 5 nitrogen and oxygen atoms in total. The smallest absolute Gasteiger partial charge is 0.308 e. The summed E-state index contributed by atoms with van der Waals surface area (Å²) in [5.74, 6) is -1.44. The number of aliphatic carboxylic acids is 1. The van der Waals surface area contributed by atoms with Gasteiger partial charge in [0.1, 0.15) is 6.10 Å². The zero-order valence-corrected chi connectivity index (χ0v) is 16.9. The fourth-order valence-electron chi connectivity index (χ4n) is 3.06. The van der Waals surface area contributed by atoms with E-state index < -0.39 is 24.1 Å². The molecule has 0 aliphatic heterocycles. The van der Waals surface area contributed by atoms with Crippen molar-refractivity contribution in [2.24, 2.45) is 0 Å². The number of unbranched alkanes of at least 4 members (excludes halogenated alkanes) is 9. The van der Waals surface area contributed by atoms with Crippen molar-refractivity contribution in [1.29, 1.82) is 0 Å². The summed E-state index contributed by atoms with van der Waals surface area (Å²) in [5, 5.41) is 18.9. The molecule has 0 aliphatic carbocycles. The van der Waals surface area contributed by atoms with Gasteiger partial charge in [0.25, 0.3) is 0 Å².